The first kappa shape index (κ1) is 13.0. The topological polar surface area (TPSA) is 101 Å². The molecular weight excluding hydrogens is 252 g/mol. The molecule has 7 heteroatoms. The van der Waals surface area contributed by atoms with Crippen LogP contribution >= 0.6 is 0 Å². The molecule has 1 aromatic heterocycles. The normalized spacial score (nSPS) is 10.7. The summed E-state index contributed by atoms with van der Waals surface area (Å²) in [7, 11) is 0. The van der Waals surface area contributed by atoms with Crippen molar-refractivity contribution in [2.75, 3.05) is 13.2 Å². The fourth-order valence-corrected chi connectivity index (χ4v) is 1.72. The number of benzene rings is 1. The van der Waals surface area contributed by atoms with Crippen molar-refractivity contribution >= 4 is 16.9 Å². The fraction of sp³-hybridized carbons (Fsp3) is 0.250. The number of carboxylic acids is 1. The van der Waals surface area contributed by atoms with Crippen LogP contribution in [0.1, 0.15) is 0 Å². The van der Waals surface area contributed by atoms with Gasteiger partial charge in [-0.1, -0.05) is 12.1 Å². The standard InChI is InChI=1S/C12H12N2O5/c15-10(16)7-19-6-5-14-11(17)8-3-1-2-4-9(8)13-12(14)18/h1-4H,5-7H2,(H,13,18)(H,15,16). The largest absolute Gasteiger partial charge is 0.480 e. The lowest BCUT2D eigenvalue weighted by molar-refractivity contribution is -0.142. The monoisotopic (exact) mass is 264 g/mol. The van der Waals surface area contributed by atoms with E-state index in [1.807, 2.05) is 0 Å². The third-order valence-electron chi connectivity index (χ3n) is 2.57. The molecule has 0 atom stereocenters. The van der Waals surface area contributed by atoms with Gasteiger partial charge >= 0.3 is 11.7 Å². The maximum absolute atomic E-state index is 12.0. The Morgan fingerprint density at radius 2 is 2.05 bits per heavy atom. The van der Waals surface area contributed by atoms with Crippen LogP contribution in [0.5, 0.6) is 0 Å². The molecule has 2 N–H and O–H groups in total. The summed E-state index contributed by atoms with van der Waals surface area (Å²) in [5, 5.41) is 8.80. The Morgan fingerprint density at radius 1 is 1.32 bits per heavy atom. The van der Waals surface area contributed by atoms with E-state index in [9.17, 15) is 14.4 Å². The number of rotatable bonds is 5. The molecule has 0 spiro atoms. The van der Waals surface area contributed by atoms with Crippen molar-refractivity contribution in [1.29, 1.82) is 0 Å². The molecule has 100 valence electrons. The lowest BCUT2D eigenvalue weighted by Gasteiger charge is -2.06. The van der Waals surface area contributed by atoms with Gasteiger partial charge in [0.05, 0.1) is 24.1 Å². The lowest BCUT2D eigenvalue weighted by Crippen LogP contribution is -2.36. The van der Waals surface area contributed by atoms with E-state index in [0.717, 1.165) is 4.57 Å². The van der Waals surface area contributed by atoms with Gasteiger partial charge in [0, 0.05) is 0 Å². The van der Waals surface area contributed by atoms with Crippen molar-refractivity contribution in [3.05, 3.63) is 45.1 Å². The Kier molecular flexibility index (Phi) is 3.76. The molecule has 0 aliphatic carbocycles. The highest BCUT2D eigenvalue weighted by molar-refractivity contribution is 5.76. The van der Waals surface area contributed by atoms with Gasteiger partial charge in [-0.3, -0.25) is 9.36 Å². The summed E-state index contributed by atoms with van der Waals surface area (Å²) in [4.78, 5) is 36.6. The number of carboxylic acid groups (broad SMARTS) is 1. The Morgan fingerprint density at radius 3 is 2.79 bits per heavy atom. The Balaban J connectivity index is 2.26. The molecule has 1 heterocycles. The number of para-hydroxylation sites is 1. The Labute approximate surface area is 107 Å². The number of nitrogens with one attached hydrogen (secondary N) is 1. The van der Waals surface area contributed by atoms with Crippen LogP contribution in [0.15, 0.2) is 33.9 Å². The molecule has 0 bridgehead atoms. The number of aromatic nitrogens is 2. The van der Waals surface area contributed by atoms with Crippen molar-refractivity contribution < 1.29 is 14.6 Å². The number of ether oxygens (including phenoxy) is 1. The van der Waals surface area contributed by atoms with Crippen LogP contribution in [0.2, 0.25) is 0 Å². The third kappa shape index (κ3) is 2.89. The van der Waals surface area contributed by atoms with E-state index in [1.54, 1.807) is 24.3 Å². The number of aliphatic carboxylic acids is 1. The van der Waals surface area contributed by atoms with Gasteiger partial charge < -0.3 is 14.8 Å². The highest BCUT2D eigenvalue weighted by Crippen LogP contribution is 2.02. The van der Waals surface area contributed by atoms with Gasteiger partial charge in [-0.2, -0.15) is 0 Å². The van der Waals surface area contributed by atoms with Crippen LogP contribution in [0.3, 0.4) is 0 Å². The number of carbonyl (C=O) groups is 1. The average molecular weight is 264 g/mol. The quantitative estimate of drug-likeness (QED) is 0.728. The molecule has 0 radical (unpaired) electrons. The second-order valence-electron chi connectivity index (χ2n) is 3.88. The minimum absolute atomic E-state index is 0.00623. The van der Waals surface area contributed by atoms with Gasteiger partial charge in [0.25, 0.3) is 5.56 Å². The molecule has 0 aliphatic heterocycles. The second-order valence-corrected chi connectivity index (χ2v) is 3.88. The molecule has 2 aromatic rings. The maximum atomic E-state index is 12.0. The van der Waals surface area contributed by atoms with E-state index in [0.29, 0.717) is 10.9 Å². The zero-order valence-electron chi connectivity index (χ0n) is 9.96. The van der Waals surface area contributed by atoms with E-state index in [1.165, 1.54) is 0 Å². The van der Waals surface area contributed by atoms with E-state index < -0.39 is 23.8 Å². The van der Waals surface area contributed by atoms with Gasteiger partial charge in [0.1, 0.15) is 6.61 Å². The molecule has 0 unspecified atom stereocenters. The van der Waals surface area contributed by atoms with Crippen molar-refractivity contribution in [3.8, 4) is 0 Å². The lowest BCUT2D eigenvalue weighted by atomic mass is 10.2. The first-order chi connectivity index (χ1) is 9.09. The van der Waals surface area contributed by atoms with Crippen LogP contribution in [0, 0.1) is 0 Å². The van der Waals surface area contributed by atoms with E-state index in [2.05, 4.69) is 4.98 Å². The van der Waals surface area contributed by atoms with E-state index >= 15 is 0 Å². The molecule has 19 heavy (non-hydrogen) atoms. The second kappa shape index (κ2) is 5.49. The van der Waals surface area contributed by atoms with Crippen LogP contribution in [-0.4, -0.2) is 33.8 Å². The van der Waals surface area contributed by atoms with Crippen LogP contribution < -0.4 is 11.2 Å². The first-order valence-electron chi connectivity index (χ1n) is 5.61. The van der Waals surface area contributed by atoms with Crippen molar-refractivity contribution in [1.82, 2.24) is 9.55 Å². The highest BCUT2D eigenvalue weighted by atomic mass is 16.5. The van der Waals surface area contributed by atoms with Gasteiger partial charge in [-0.05, 0) is 12.1 Å². The van der Waals surface area contributed by atoms with E-state index in [-0.39, 0.29) is 13.2 Å². The highest BCUT2D eigenvalue weighted by Gasteiger charge is 2.07. The number of fused-ring (bicyclic) bond motifs is 1. The number of nitrogens with zero attached hydrogens (tertiary/aromatic N) is 1. The van der Waals surface area contributed by atoms with Crippen LogP contribution in [0.4, 0.5) is 0 Å². The van der Waals surface area contributed by atoms with Gasteiger partial charge in [-0.25, -0.2) is 9.59 Å². The van der Waals surface area contributed by atoms with Gasteiger partial charge in [-0.15, -0.1) is 0 Å². The Hall–Kier alpha value is -2.41. The summed E-state index contributed by atoms with van der Waals surface area (Å²) in [6.45, 7) is -0.472. The molecule has 0 saturated carbocycles. The minimum Gasteiger partial charge on any atom is -0.480 e. The first-order valence-corrected chi connectivity index (χ1v) is 5.61. The van der Waals surface area contributed by atoms with Crippen molar-refractivity contribution in [3.63, 3.8) is 0 Å². The van der Waals surface area contributed by atoms with Gasteiger partial charge in [0.2, 0.25) is 0 Å². The van der Waals surface area contributed by atoms with Crippen molar-refractivity contribution in [2.24, 2.45) is 0 Å². The molecule has 0 amide bonds. The summed E-state index contributed by atoms with van der Waals surface area (Å²) in [6.07, 6.45) is 0. The molecule has 0 saturated heterocycles. The summed E-state index contributed by atoms with van der Waals surface area (Å²) in [6, 6.07) is 6.68. The summed E-state index contributed by atoms with van der Waals surface area (Å²) >= 11 is 0. The smallest absolute Gasteiger partial charge is 0.329 e. The molecular formula is C12H12N2O5. The summed E-state index contributed by atoms with van der Waals surface area (Å²) in [5.41, 5.74) is -0.485. The molecule has 2 rings (SSSR count). The van der Waals surface area contributed by atoms with Crippen molar-refractivity contribution in [2.45, 2.75) is 6.54 Å². The Bertz CT molecular complexity index is 716. The molecule has 0 fully saturated rings. The molecule has 0 aliphatic rings. The average Bonchev–Trinajstić information content (AvgIpc) is 2.37. The van der Waals surface area contributed by atoms with E-state index in [4.69, 9.17) is 9.84 Å². The van der Waals surface area contributed by atoms with Gasteiger partial charge in [0.15, 0.2) is 0 Å². The predicted octanol–water partition coefficient (Wildman–Crippen LogP) is -0.209. The number of hydrogen-bond acceptors (Lipinski definition) is 4. The number of aromatic amines is 1. The van der Waals surface area contributed by atoms with Crippen LogP contribution in [0.25, 0.3) is 10.9 Å². The van der Waals surface area contributed by atoms with Crippen LogP contribution in [-0.2, 0) is 16.1 Å². The minimum atomic E-state index is -1.10. The maximum Gasteiger partial charge on any atom is 0.329 e. The summed E-state index contributed by atoms with van der Waals surface area (Å²) < 4.78 is 5.80. The number of H-pyrrole nitrogens is 1. The SMILES string of the molecule is O=C(O)COCCn1c(=O)[nH]c2ccccc2c1=O. The predicted molar refractivity (Wildman–Crippen MR) is 67.3 cm³/mol. The number of hydrogen-bond donors (Lipinski definition) is 2. The fourth-order valence-electron chi connectivity index (χ4n) is 1.72. The zero-order valence-corrected chi connectivity index (χ0v) is 9.96. The third-order valence-corrected chi connectivity index (χ3v) is 2.57. The zero-order chi connectivity index (χ0) is 13.8. The molecule has 1 aromatic carbocycles. The summed E-state index contributed by atoms with van der Waals surface area (Å²) in [5.74, 6) is -1.10. The molecule has 7 nitrogen and oxygen atoms in total.